The molecule has 8 heteroatoms. The molecule has 3 heterocycles. The van der Waals surface area contributed by atoms with Crippen molar-refractivity contribution in [2.45, 2.75) is 51.5 Å². The molecule has 0 bridgehead atoms. The number of rotatable bonds is 5. The molecule has 1 aliphatic carbocycles. The summed E-state index contributed by atoms with van der Waals surface area (Å²) in [5.74, 6) is 1.13. The van der Waals surface area contributed by atoms with Crippen molar-refractivity contribution in [3.63, 3.8) is 0 Å². The summed E-state index contributed by atoms with van der Waals surface area (Å²) < 4.78 is 5.45. The molecule has 3 fully saturated rings. The predicted molar refractivity (Wildman–Crippen MR) is 122 cm³/mol. The maximum absolute atomic E-state index is 12.3. The summed E-state index contributed by atoms with van der Waals surface area (Å²) in [6.07, 6.45) is 8.53. The van der Waals surface area contributed by atoms with Gasteiger partial charge in [0, 0.05) is 39.1 Å². The molecular formula is C24H33N5O3. The van der Waals surface area contributed by atoms with Crippen molar-refractivity contribution in [2.24, 2.45) is 5.92 Å². The lowest BCUT2D eigenvalue weighted by molar-refractivity contribution is -0.120. The highest BCUT2D eigenvalue weighted by Gasteiger charge is 2.28. The van der Waals surface area contributed by atoms with Gasteiger partial charge in [0.15, 0.2) is 11.4 Å². The third-order valence-corrected chi connectivity index (χ3v) is 7.15. The molecule has 0 spiro atoms. The van der Waals surface area contributed by atoms with Crippen molar-refractivity contribution in [1.29, 1.82) is 0 Å². The van der Waals surface area contributed by atoms with Gasteiger partial charge >= 0.3 is 6.03 Å². The second-order valence-electron chi connectivity index (χ2n) is 9.53. The Balaban J connectivity index is 1.23. The van der Waals surface area contributed by atoms with Crippen LogP contribution >= 0.6 is 0 Å². The van der Waals surface area contributed by atoms with Gasteiger partial charge in [0.2, 0.25) is 5.91 Å². The summed E-state index contributed by atoms with van der Waals surface area (Å²) >= 11 is 0. The molecule has 32 heavy (non-hydrogen) atoms. The van der Waals surface area contributed by atoms with Crippen LogP contribution in [-0.2, 0) is 11.3 Å². The van der Waals surface area contributed by atoms with Crippen LogP contribution in [0.25, 0.3) is 11.0 Å². The van der Waals surface area contributed by atoms with E-state index in [9.17, 15) is 9.59 Å². The highest BCUT2D eigenvalue weighted by atomic mass is 16.5. The van der Waals surface area contributed by atoms with E-state index in [0.717, 1.165) is 37.5 Å². The quantitative estimate of drug-likeness (QED) is 0.769. The fourth-order valence-electron chi connectivity index (χ4n) is 5.39. The van der Waals surface area contributed by atoms with Gasteiger partial charge in [-0.25, -0.2) is 4.79 Å². The summed E-state index contributed by atoms with van der Waals surface area (Å²) in [6.45, 7) is 6.99. The number of hydrogen-bond donors (Lipinski definition) is 1. The first-order valence-electron chi connectivity index (χ1n) is 12.1. The molecule has 172 valence electrons. The molecule has 1 aromatic carbocycles. The van der Waals surface area contributed by atoms with Gasteiger partial charge in [0.1, 0.15) is 0 Å². The Kier molecular flexibility index (Phi) is 6.41. The lowest BCUT2D eigenvalue weighted by atomic mass is 9.89. The first-order valence-corrected chi connectivity index (χ1v) is 12.1. The Hall–Kier alpha value is -2.45. The molecule has 8 nitrogen and oxygen atoms in total. The van der Waals surface area contributed by atoms with Crippen molar-refractivity contribution in [3.8, 4) is 0 Å². The predicted octanol–water partition coefficient (Wildman–Crippen LogP) is 3.36. The minimum Gasteiger partial charge on any atom is -0.354 e. The summed E-state index contributed by atoms with van der Waals surface area (Å²) in [7, 11) is 0. The standard InChI is InChI=1S/C24H33N5O3/c30-22-9-12-29(24(31)25-22)23-20-15-19(7-8-21(20)32-26-23)17-28-11-4-10-27(13-14-28)16-18-5-2-1-3-6-18/h7-8,15,18H,1-6,9-14,16-17H2,(H,25,30,31). The van der Waals surface area contributed by atoms with Crippen LogP contribution in [0.2, 0.25) is 0 Å². The molecule has 1 saturated carbocycles. The summed E-state index contributed by atoms with van der Waals surface area (Å²) in [5, 5.41) is 7.30. The van der Waals surface area contributed by atoms with Crippen LogP contribution in [0.3, 0.4) is 0 Å². The van der Waals surface area contributed by atoms with Gasteiger partial charge in [-0.15, -0.1) is 0 Å². The lowest BCUT2D eigenvalue weighted by Crippen LogP contribution is -2.49. The Bertz CT molecular complexity index is 968. The average molecular weight is 440 g/mol. The number of carbonyl (C=O) groups excluding carboxylic acids is 2. The lowest BCUT2D eigenvalue weighted by Gasteiger charge is -2.29. The SMILES string of the molecule is O=C1CCN(c2noc3ccc(CN4CCCN(CC5CCCCC5)CC4)cc23)C(=O)N1. The largest absolute Gasteiger partial charge is 0.354 e. The third-order valence-electron chi connectivity index (χ3n) is 7.15. The van der Waals surface area contributed by atoms with Gasteiger partial charge in [-0.1, -0.05) is 30.5 Å². The number of anilines is 1. The van der Waals surface area contributed by atoms with Crippen LogP contribution in [0.5, 0.6) is 0 Å². The molecule has 3 aliphatic rings. The highest BCUT2D eigenvalue weighted by Crippen LogP contribution is 2.29. The molecular weight excluding hydrogens is 406 g/mol. The number of amides is 3. The summed E-state index contributed by atoms with van der Waals surface area (Å²) in [5.41, 5.74) is 1.85. The van der Waals surface area contributed by atoms with E-state index in [1.165, 1.54) is 62.1 Å². The van der Waals surface area contributed by atoms with Gasteiger partial charge in [-0.2, -0.15) is 0 Å². The molecule has 2 saturated heterocycles. The Morgan fingerprint density at radius 2 is 1.78 bits per heavy atom. The number of carbonyl (C=O) groups is 2. The minimum atomic E-state index is -0.438. The zero-order valence-corrected chi connectivity index (χ0v) is 18.7. The number of urea groups is 1. The minimum absolute atomic E-state index is 0.251. The van der Waals surface area contributed by atoms with E-state index in [2.05, 4.69) is 32.4 Å². The fraction of sp³-hybridized carbons (Fsp3) is 0.625. The van der Waals surface area contributed by atoms with Crippen LogP contribution < -0.4 is 10.2 Å². The number of nitrogens with zero attached hydrogens (tertiary/aromatic N) is 4. The van der Waals surface area contributed by atoms with Crippen molar-refractivity contribution in [1.82, 2.24) is 20.3 Å². The molecule has 1 aromatic heterocycles. The van der Waals surface area contributed by atoms with Crippen molar-refractivity contribution in [3.05, 3.63) is 23.8 Å². The van der Waals surface area contributed by atoms with Crippen molar-refractivity contribution < 1.29 is 14.1 Å². The van der Waals surface area contributed by atoms with E-state index in [1.807, 2.05) is 6.07 Å². The van der Waals surface area contributed by atoms with Gasteiger partial charge < -0.3 is 9.42 Å². The van der Waals surface area contributed by atoms with E-state index < -0.39 is 6.03 Å². The van der Waals surface area contributed by atoms with Crippen LogP contribution in [0.1, 0.15) is 50.5 Å². The number of imide groups is 1. The van der Waals surface area contributed by atoms with Crippen LogP contribution in [0.4, 0.5) is 10.6 Å². The van der Waals surface area contributed by atoms with E-state index in [4.69, 9.17) is 4.52 Å². The number of fused-ring (bicyclic) bond motifs is 1. The maximum atomic E-state index is 12.3. The smallest absolute Gasteiger partial charge is 0.329 e. The van der Waals surface area contributed by atoms with Gasteiger partial charge in [0.05, 0.1) is 5.39 Å². The van der Waals surface area contributed by atoms with E-state index in [0.29, 0.717) is 17.9 Å². The van der Waals surface area contributed by atoms with E-state index in [-0.39, 0.29) is 12.3 Å². The van der Waals surface area contributed by atoms with Crippen LogP contribution in [-0.4, -0.2) is 66.2 Å². The highest BCUT2D eigenvalue weighted by molar-refractivity contribution is 6.08. The van der Waals surface area contributed by atoms with E-state index >= 15 is 0 Å². The molecule has 0 radical (unpaired) electrons. The molecule has 1 N–H and O–H groups in total. The van der Waals surface area contributed by atoms with Gasteiger partial charge in [0.25, 0.3) is 0 Å². The molecule has 3 amide bonds. The van der Waals surface area contributed by atoms with Crippen LogP contribution in [0.15, 0.2) is 22.7 Å². The second-order valence-corrected chi connectivity index (χ2v) is 9.53. The summed E-state index contributed by atoms with van der Waals surface area (Å²) in [6, 6.07) is 5.66. The number of aromatic nitrogens is 1. The maximum Gasteiger partial charge on any atom is 0.329 e. The first kappa shape index (κ1) is 21.4. The Morgan fingerprint density at radius 1 is 0.969 bits per heavy atom. The molecule has 2 aromatic rings. The zero-order valence-electron chi connectivity index (χ0n) is 18.7. The van der Waals surface area contributed by atoms with Crippen molar-refractivity contribution in [2.75, 3.05) is 44.2 Å². The number of benzene rings is 1. The van der Waals surface area contributed by atoms with Gasteiger partial charge in [-0.05, 0) is 56.0 Å². The van der Waals surface area contributed by atoms with Crippen LogP contribution in [0, 0.1) is 5.92 Å². The molecule has 2 aliphatic heterocycles. The normalized spacial score (nSPS) is 22.3. The monoisotopic (exact) mass is 439 g/mol. The molecule has 5 rings (SSSR count). The van der Waals surface area contributed by atoms with E-state index in [1.54, 1.807) is 0 Å². The number of hydrogen-bond acceptors (Lipinski definition) is 6. The fourth-order valence-corrected chi connectivity index (χ4v) is 5.39. The zero-order chi connectivity index (χ0) is 21.9. The average Bonchev–Trinajstić information content (AvgIpc) is 3.08. The number of nitrogens with one attached hydrogen (secondary N) is 1. The first-order chi connectivity index (χ1) is 15.7. The third kappa shape index (κ3) is 4.81. The Morgan fingerprint density at radius 3 is 2.62 bits per heavy atom. The molecule has 0 unspecified atom stereocenters. The summed E-state index contributed by atoms with van der Waals surface area (Å²) in [4.78, 5) is 30.4. The molecule has 0 atom stereocenters. The Labute approximate surface area is 188 Å². The van der Waals surface area contributed by atoms with Crippen molar-refractivity contribution >= 4 is 28.7 Å². The topological polar surface area (TPSA) is 81.9 Å². The van der Waals surface area contributed by atoms with Gasteiger partial charge in [-0.3, -0.25) is 19.9 Å². The second kappa shape index (κ2) is 9.58.